The molecular formula is C22H27ClFN5O3. The Labute approximate surface area is 190 Å². The highest BCUT2D eigenvalue weighted by atomic mass is 35.5. The van der Waals surface area contributed by atoms with Crippen molar-refractivity contribution >= 4 is 28.6 Å². The second kappa shape index (κ2) is 8.55. The molecule has 4 rings (SSSR count). The fourth-order valence-corrected chi connectivity index (χ4v) is 4.17. The van der Waals surface area contributed by atoms with E-state index in [1.807, 2.05) is 25.3 Å². The molecule has 3 N–H and O–H groups in total. The third-order valence-electron chi connectivity index (χ3n) is 5.44. The summed E-state index contributed by atoms with van der Waals surface area (Å²) in [7, 11) is 0. The minimum absolute atomic E-state index is 0.174. The lowest BCUT2D eigenvalue weighted by atomic mass is 10.1. The zero-order valence-corrected chi connectivity index (χ0v) is 19.2. The first-order chi connectivity index (χ1) is 15.1. The molecule has 0 saturated carbocycles. The van der Waals surface area contributed by atoms with E-state index < -0.39 is 23.6 Å². The van der Waals surface area contributed by atoms with Gasteiger partial charge in [-0.25, -0.2) is 19.3 Å². The highest BCUT2D eigenvalue weighted by molar-refractivity contribution is 6.33. The maximum Gasteiger partial charge on any atom is 0.223 e. The average Bonchev–Trinajstić information content (AvgIpc) is 3.12. The van der Waals surface area contributed by atoms with Crippen LogP contribution in [0.2, 0.25) is 5.02 Å². The highest BCUT2D eigenvalue weighted by Crippen LogP contribution is 2.35. The molecule has 0 radical (unpaired) electrons. The Morgan fingerprint density at radius 1 is 1.31 bits per heavy atom. The first-order valence-electron chi connectivity index (χ1n) is 10.5. The quantitative estimate of drug-likeness (QED) is 0.542. The Bertz CT molecular complexity index is 1140. The van der Waals surface area contributed by atoms with Crippen molar-refractivity contribution in [3.63, 3.8) is 0 Å². The summed E-state index contributed by atoms with van der Waals surface area (Å²) >= 11 is 6.38. The molecule has 3 aromatic rings. The van der Waals surface area contributed by atoms with E-state index in [0.717, 1.165) is 0 Å². The van der Waals surface area contributed by atoms with Crippen LogP contribution in [0.5, 0.6) is 0 Å². The summed E-state index contributed by atoms with van der Waals surface area (Å²) in [5.74, 6) is 0.129. The Kier molecular flexibility index (Phi) is 6.10. The summed E-state index contributed by atoms with van der Waals surface area (Å²) in [6.45, 7) is 8.25. The van der Waals surface area contributed by atoms with Crippen LogP contribution in [-0.2, 0) is 10.3 Å². The number of imidazole rings is 1. The van der Waals surface area contributed by atoms with Gasteiger partial charge >= 0.3 is 0 Å². The fraction of sp³-hybridized carbons (Fsp3) is 0.500. The van der Waals surface area contributed by atoms with Gasteiger partial charge in [-0.1, -0.05) is 11.6 Å². The van der Waals surface area contributed by atoms with Gasteiger partial charge in [0.25, 0.3) is 0 Å². The maximum absolute atomic E-state index is 15.1. The summed E-state index contributed by atoms with van der Waals surface area (Å²) in [5.41, 5.74) is 1.07. The molecule has 1 saturated heterocycles. The van der Waals surface area contributed by atoms with Crippen LogP contribution in [0.1, 0.15) is 46.0 Å². The topological polar surface area (TPSA) is 105 Å². The van der Waals surface area contributed by atoms with E-state index in [4.69, 9.17) is 16.3 Å². The number of nitrogens with zero attached hydrogens (tertiary/aromatic N) is 4. The second-order valence-corrected chi connectivity index (χ2v) is 9.46. The molecular weight excluding hydrogens is 437 g/mol. The molecule has 1 aliphatic heterocycles. The van der Waals surface area contributed by atoms with Gasteiger partial charge in [0, 0.05) is 17.7 Å². The van der Waals surface area contributed by atoms with Crippen LogP contribution in [0.3, 0.4) is 0 Å². The molecule has 8 nitrogen and oxygen atoms in total. The number of aliphatic hydroxyl groups is 2. The fourth-order valence-electron chi connectivity index (χ4n) is 3.97. The number of ether oxygens (including phenoxy) is 1. The zero-order valence-electron chi connectivity index (χ0n) is 18.4. The number of nitrogens with one attached hydrogen (secondary N) is 1. The van der Waals surface area contributed by atoms with Gasteiger partial charge in [-0.2, -0.15) is 0 Å². The SMILES string of the molecule is C[C@@H](O)c1nc2c(F)cc(-c3nc(N[C@@H]4CCOC[C@H]4O)ncc3Cl)cc2n1C(C)(C)C. The monoisotopic (exact) mass is 463 g/mol. The average molecular weight is 464 g/mol. The van der Waals surface area contributed by atoms with Gasteiger partial charge in [-0.15, -0.1) is 0 Å². The number of fused-ring (bicyclic) bond motifs is 1. The van der Waals surface area contributed by atoms with Crippen molar-refractivity contribution in [2.24, 2.45) is 0 Å². The number of rotatable bonds is 4. The number of halogens is 2. The molecule has 2 aromatic heterocycles. The Morgan fingerprint density at radius 3 is 2.72 bits per heavy atom. The molecule has 1 aliphatic rings. The predicted molar refractivity (Wildman–Crippen MR) is 120 cm³/mol. The van der Waals surface area contributed by atoms with E-state index in [1.165, 1.54) is 12.3 Å². The van der Waals surface area contributed by atoms with Gasteiger partial charge in [0.05, 0.1) is 41.2 Å². The third-order valence-corrected chi connectivity index (χ3v) is 5.72. The van der Waals surface area contributed by atoms with Gasteiger partial charge in [0.2, 0.25) is 5.95 Å². The highest BCUT2D eigenvalue weighted by Gasteiger charge is 2.27. The lowest BCUT2D eigenvalue weighted by Crippen LogP contribution is -2.42. The lowest BCUT2D eigenvalue weighted by Gasteiger charge is -2.28. The number of anilines is 1. The molecule has 0 amide bonds. The summed E-state index contributed by atoms with van der Waals surface area (Å²) in [6, 6.07) is 2.84. The summed E-state index contributed by atoms with van der Waals surface area (Å²) in [6.07, 6.45) is 0.507. The van der Waals surface area contributed by atoms with Crippen LogP contribution in [0.25, 0.3) is 22.3 Å². The van der Waals surface area contributed by atoms with Crippen molar-refractivity contribution in [2.45, 2.75) is 57.9 Å². The molecule has 0 spiro atoms. The van der Waals surface area contributed by atoms with Crippen LogP contribution < -0.4 is 5.32 Å². The van der Waals surface area contributed by atoms with Gasteiger partial charge < -0.3 is 24.8 Å². The van der Waals surface area contributed by atoms with Crippen molar-refractivity contribution in [2.75, 3.05) is 18.5 Å². The van der Waals surface area contributed by atoms with Crippen LogP contribution in [0.4, 0.5) is 10.3 Å². The number of aromatic nitrogens is 4. The first-order valence-corrected chi connectivity index (χ1v) is 10.9. The van der Waals surface area contributed by atoms with Crippen molar-refractivity contribution < 1.29 is 19.3 Å². The normalized spacial score (nSPS) is 20.5. The van der Waals surface area contributed by atoms with Crippen LogP contribution in [-0.4, -0.2) is 55.1 Å². The summed E-state index contributed by atoms with van der Waals surface area (Å²) in [5, 5.41) is 23.7. The predicted octanol–water partition coefficient (Wildman–Crippen LogP) is 3.66. The van der Waals surface area contributed by atoms with E-state index in [9.17, 15) is 10.2 Å². The van der Waals surface area contributed by atoms with Gasteiger partial charge in [0.15, 0.2) is 5.82 Å². The molecule has 0 aliphatic carbocycles. The molecule has 172 valence electrons. The smallest absolute Gasteiger partial charge is 0.223 e. The summed E-state index contributed by atoms with van der Waals surface area (Å²) < 4.78 is 22.2. The second-order valence-electron chi connectivity index (χ2n) is 9.05. The third kappa shape index (κ3) is 4.30. The number of hydrogen-bond donors (Lipinski definition) is 3. The zero-order chi connectivity index (χ0) is 23.2. The molecule has 1 aromatic carbocycles. The maximum atomic E-state index is 15.1. The minimum Gasteiger partial charge on any atom is -0.389 e. The van der Waals surface area contributed by atoms with E-state index in [0.29, 0.717) is 35.6 Å². The van der Waals surface area contributed by atoms with Crippen LogP contribution in [0.15, 0.2) is 18.3 Å². The van der Waals surface area contributed by atoms with Gasteiger partial charge in [0.1, 0.15) is 17.4 Å². The minimum atomic E-state index is -0.867. The molecule has 10 heteroatoms. The Balaban J connectivity index is 1.81. The largest absolute Gasteiger partial charge is 0.389 e. The lowest BCUT2D eigenvalue weighted by molar-refractivity contribution is -0.0136. The standard InChI is InChI=1S/C22H27ClFN5O3/c1-11(30)20-27-19-14(24)7-12(8-16(19)29(20)22(2,3)4)18-13(23)9-25-21(28-18)26-15-5-6-32-10-17(15)31/h7-9,11,15,17,30-31H,5-6,10H2,1-4H3,(H,25,26,28)/t11-,15-,17-/m1/s1. The van der Waals surface area contributed by atoms with Crippen molar-refractivity contribution in [3.8, 4) is 11.3 Å². The molecule has 32 heavy (non-hydrogen) atoms. The number of aliphatic hydroxyl groups excluding tert-OH is 2. The van der Waals surface area contributed by atoms with E-state index >= 15 is 4.39 Å². The Morgan fingerprint density at radius 2 is 2.06 bits per heavy atom. The molecule has 0 unspecified atom stereocenters. The van der Waals surface area contributed by atoms with Crippen molar-refractivity contribution in [1.82, 2.24) is 19.5 Å². The Hall–Kier alpha value is -2.33. The van der Waals surface area contributed by atoms with Crippen molar-refractivity contribution in [1.29, 1.82) is 0 Å². The first kappa shape index (κ1) is 22.8. The number of benzene rings is 1. The van der Waals surface area contributed by atoms with Gasteiger partial charge in [-0.05, 0) is 46.2 Å². The van der Waals surface area contributed by atoms with Crippen molar-refractivity contribution in [3.05, 3.63) is 35.0 Å². The summed E-state index contributed by atoms with van der Waals surface area (Å²) in [4.78, 5) is 13.1. The molecule has 0 bridgehead atoms. The number of hydrogen-bond acceptors (Lipinski definition) is 7. The van der Waals surface area contributed by atoms with E-state index in [2.05, 4.69) is 20.3 Å². The van der Waals surface area contributed by atoms with Gasteiger partial charge in [-0.3, -0.25) is 0 Å². The molecule has 3 heterocycles. The van der Waals surface area contributed by atoms with Crippen LogP contribution >= 0.6 is 11.6 Å². The van der Waals surface area contributed by atoms with E-state index in [1.54, 1.807) is 13.0 Å². The molecule has 1 fully saturated rings. The van der Waals surface area contributed by atoms with E-state index in [-0.39, 0.29) is 29.1 Å². The van der Waals surface area contributed by atoms with Crippen LogP contribution in [0, 0.1) is 5.82 Å². The molecule has 3 atom stereocenters.